The number of morpholine rings is 1. The van der Waals surface area contributed by atoms with Gasteiger partial charge in [0.15, 0.2) is 5.69 Å². The highest BCUT2D eigenvalue weighted by atomic mass is 35.5. The zero-order valence-corrected chi connectivity index (χ0v) is 24.9. The summed E-state index contributed by atoms with van der Waals surface area (Å²) < 4.78 is 20.0. The number of hydrogen-bond acceptors (Lipinski definition) is 7. The summed E-state index contributed by atoms with van der Waals surface area (Å²) in [6.07, 6.45) is 2.66. The van der Waals surface area contributed by atoms with E-state index in [0.29, 0.717) is 69.9 Å². The Bertz CT molecular complexity index is 1780. The summed E-state index contributed by atoms with van der Waals surface area (Å²) in [5.41, 5.74) is 9.91. The van der Waals surface area contributed by atoms with Crippen molar-refractivity contribution in [2.24, 2.45) is 5.73 Å². The van der Waals surface area contributed by atoms with E-state index in [9.17, 15) is 14.8 Å². The van der Waals surface area contributed by atoms with Gasteiger partial charge >= 0.3 is 0 Å². The Morgan fingerprint density at radius 2 is 1.93 bits per heavy atom. The van der Waals surface area contributed by atoms with E-state index in [-0.39, 0.29) is 23.8 Å². The molecule has 4 aromatic rings. The maximum atomic E-state index is 14.1. The molecule has 2 aliphatic rings. The first-order chi connectivity index (χ1) is 20.5. The monoisotopic (exact) mass is 604 g/mol. The number of rotatable bonds is 5. The summed E-state index contributed by atoms with van der Waals surface area (Å²) >= 11 is 6.48. The molecule has 6 rings (SSSR count). The summed E-state index contributed by atoms with van der Waals surface area (Å²) in [7, 11) is 1.52. The van der Waals surface area contributed by atoms with Gasteiger partial charge in [0.2, 0.25) is 12.4 Å². The summed E-state index contributed by atoms with van der Waals surface area (Å²) in [5.74, 6) is 0.0376. The SMILES string of the molecule is COc1cc2c(cc1-c1cc(C(N)=O)c[n+](O)c1)-c1c(c(C(=O)N3CCOCC3(C)C)nn1-c1cc(C)cc(Cl)c1)CO2. The number of nitrogens with two attached hydrogens (primary N) is 1. The van der Waals surface area contributed by atoms with Crippen molar-refractivity contribution in [2.45, 2.75) is 32.9 Å². The molecule has 0 bridgehead atoms. The lowest BCUT2D eigenvalue weighted by Gasteiger charge is -2.41. The smallest absolute Gasteiger partial charge is 0.275 e. The number of primary amides is 1. The molecule has 0 radical (unpaired) electrons. The fraction of sp³-hybridized carbons (Fsp3) is 0.290. The van der Waals surface area contributed by atoms with Gasteiger partial charge in [0, 0.05) is 39.1 Å². The highest BCUT2D eigenvalue weighted by Crippen LogP contribution is 2.46. The van der Waals surface area contributed by atoms with Crippen LogP contribution < -0.4 is 19.9 Å². The van der Waals surface area contributed by atoms with Crippen molar-refractivity contribution in [3.8, 4) is 39.6 Å². The van der Waals surface area contributed by atoms with E-state index < -0.39 is 11.4 Å². The van der Waals surface area contributed by atoms with Crippen molar-refractivity contribution in [3.05, 3.63) is 76.2 Å². The number of aromatic nitrogens is 3. The van der Waals surface area contributed by atoms with Gasteiger partial charge in [-0.3, -0.25) is 14.8 Å². The predicted octanol–water partition coefficient (Wildman–Crippen LogP) is 3.94. The molecule has 222 valence electrons. The molecule has 0 atom stereocenters. The second-order valence-electron chi connectivity index (χ2n) is 11.3. The number of ether oxygens (including phenoxy) is 3. The Morgan fingerprint density at radius 1 is 1.14 bits per heavy atom. The molecule has 0 unspecified atom stereocenters. The van der Waals surface area contributed by atoms with E-state index >= 15 is 0 Å². The van der Waals surface area contributed by atoms with Gasteiger partial charge in [-0.05, 0) is 56.7 Å². The van der Waals surface area contributed by atoms with E-state index in [2.05, 4.69) is 0 Å². The molecule has 43 heavy (non-hydrogen) atoms. The van der Waals surface area contributed by atoms with Gasteiger partial charge in [-0.25, -0.2) is 4.68 Å². The number of hydrogen-bond donors (Lipinski definition) is 2. The largest absolute Gasteiger partial charge is 0.496 e. The molecule has 1 saturated heterocycles. The molecule has 2 aliphatic heterocycles. The first kappa shape index (κ1) is 28.5. The molecule has 2 amide bonds. The van der Waals surface area contributed by atoms with Gasteiger partial charge in [0.05, 0.1) is 42.8 Å². The molecule has 1 fully saturated rings. The lowest BCUT2D eigenvalue weighted by atomic mass is 9.95. The highest BCUT2D eigenvalue weighted by molar-refractivity contribution is 6.30. The van der Waals surface area contributed by atoms with Gasteiger partial charge in [-0.15, -0.1) is 0 Å². The number of fused-ring (bicyclic) bond motifs is 3. The second kappa shape index (κ2) is 10.6. The van der Waals surface area contributed by atoms with Crippen LogP contribution in [0.2, 0.25) is 5.02 Å². The number of benzene rings is 2. The van der Waals surface area contributed by atoms with Gasteiger partial charge < -0.3 is 24.8 Å². The Hall–Kier alpha value is -4.61. The molecular formula is C31H31ClN5O6+. The molecule has 11 nitrogen and oxygen atoms in total. The summed E-state index contributed by atoms with van der Waals surface area (Å²) in [5, 5.41) is 15.7. The first-order valence-corrected chi connectivity index (χ1v) is 14.0. The molecule has 4 heterocycles. The van der Waals surface area contributed by atoms with Crippen LogP contribution in [0.3, 0.4) is 0 Å². The van der Waals surface area contributed by atoms with Crippen molar-refractivity contribution >= 4 is 23.4 Å². The Labute approximate surface area is 252 Å². The zero-order chi connectivity index (χ0) is 30.6. The van der Waals surface area contributed by atoms with E-state index in [1.807, 2.05) is 39.0 Å². The average molecular weight is 605 g/mol. The summed E-state index contributed by atoms with van der Waals surface area (Å²) in [6.45, 7) is 7.24. The fourth-order valence-electron chi connectivity index (χ4n) is 5.68. The van der Waals surface area contributed by atoms with Gasteiger partial charge in [0.25, 0.3) is 11.8 Å². The molecule has 0 saturated carbocycles. The minimum Gasteiger partial charge on any atom is -0.496 e. The van der Waals surface area contributed by atoms with Crippen LogP contribution in [0.25, 0.3) is 28.1 Å². The standard InChI is InChI=1S/C31H30ClN5O6/c1-17-7-20(32)10-21(8-17)37-28-23-11-22(18-9-19(29(33)38)14-35(40)13-18)25(41-4)12-26(23)43-15-24(28)27(34-37)30(39)36-5-6-42-16-31(36,2)3/h7-14H,5-6,15-16H2,1-4H3,(H2-,33,38,40)/p+1. The van der Waals surface area contributed by atoms with Crippen LogP contribution in [0, 0.1) is 6.92 Å². The van der Waals surface area contributed by atoms with Crippen molar-refractivity contribution in [1.82, 2.24) is 14.7 Å². The van der Waals surface area contributed by atoms with Crippen LogP contribution in [-0.4, -0.2) is 64.1 Å². The van der Waals surface area contributed by atoms with Gasteiger partial charge in [0.1, 0.15) is 23.7 Å². The minimum absolute atomic E-state index is 0.101. The van der Waals surface area contributed by atoms with Crippen molar-refractivity contribution in [3.63, 3.8) is 0 Å². The minimum atomic E-state index is -0.698. The first-order valence-electron chi connectivity index (χ1n) is 13.7. The number of methoxy groups -OCH3 is 1. The van der Waals surface area contributed by atoms with Gasteiger partial charge in [-0.1, -0.05) is 11.6 Å². The van der Waals surface area contributed by atoms with Crippen LogP contribution >= 0.6 is 11.6 Å². The lowest BCUT2D eigenvalue weighted by molar-refractivity contribution is -0.904. The maximum Gasteiger partial charge on any atom is 0.275 e. The normalized spacial score (nSPS) is 15.3. The third kappa shape index (κ3) is 5.04. The third-order valence-corrected chi connectivity index (χ3v) is 7.94. The van der Waals surface area contributed by atoms with Crippen LogP contribution in [0.5, 0.6) is 11.5 Å². The summed E-state index contributed by atoms with van der Waals surface area (Å²) in [6, 6.07) is 10.7. The van der Waals surface area contributed by atoms with E-state index in [1.165, 1.54) is 19.5 Å². The van der Waals surface area contributed by atoms with Crippen LogP contribution in [-0.2, 0) is 11.3 Å². The molecule has 12 heteroatoms. The number of amides is 2. The third-order valence-electron chi connectivity index (χ3n) is 7.73. The highest BCUT2D eigenvalue weighted by Gasteiger charge is 2.39. The number of carbonyl (C=O) groups excluding carboxylic acids is 2. The molecule has 2 aromatic carbocycles. The van der Waals surface area contributed by atoms with Crippen LogP contribution in [0.1, 0.15) is 45.8 Å². The Morgan fingerprint density at radius 3 is 2.63 bits per heavy atom. The quantitative estimate of drug-likeness (QED) is 0.260. The molecule has 0 aliphatic carbocycles. The number of carbonyl (C=O) groups is 2. The molecule has 3 N–H and O–H groups in total. The number of nitrogens with zero attached hydrogens (tertiary/aromatic N) is 4. The fourth-order valence-corrected chi connectivity index (χ4v) is 5.96. The van der Waals surface area contributed by atoms with Crippen LogP contribution in [0.15, 0.2) is 48.8 Å². The summed E-state index contributed by atoms with van der Waals surface area (Å²) in [4.78, 5) is 27.9. The topological polar surface area (TPSA) is 133 Å². The molecule has 0 spiro atoms. The van der Waals surface area contributed by atoms with Gasteiger partial charge in [-0.2, -0.15) is 5.10 Å². The Balaban J connectivity index is 1.60. The van der Waals surface area contributed by atoms with Crippen LogP contribution in [0.4, 0.5) is 0 Å². The molecular weight excluding hydrogens is 574 g/mol. The zero-order valence-electron chi connectivity index (χ0n) is 24.2. The average Bonchev–Trinajstić information content (AvgIpc) is 3.35. The second-order valence-corrected chi connectivity index (χ2v) is 11.7. The van der Waals surface area contributed by atoms with Crippen molar-refractivity contribution < 1.29 is 33.7 Å². The van der Waals surface area contributed by atoms with E-state index in [1.54, 1.807) is 27.8 Å². The predicted molar refractivity (Wildman–Crippen MR) is 157 cm³/mol. The van der Waals surface area contributed by atoms with E-state index in [4.69, 9.17) is 36.6 Å². The maximum absolute atomic E-state index is 14.1. The Kier molecular flexibility index (Phi) is 7.02. The van der Waals surface area contributed by atoms with E-state index in [0.717, 1.165) is 10.3 Å². The lowest BCUT2D eigenvalue weighted by Crippen LogP contribution is -2.55. The van der Waals surface area contributed by atoms with Crippen molar-refractivity contribution in [2.75, 3.05) is 26.9 Å². The van der Waals surface area contributed by atoms with Crippen molar-refractivity contribution in [1.29, 1.82) is 0 Å². The number of halogens is 1. The number of pyridine rings is 1. The number of aryl methyl sites for hydroxylation is 1. The molecule has 2 aromatic heterocycles.